The van der Waals surface area contributed by atoms with E-state index in [9.17, 15) is 10.2 Å². The number of hydrogen-bond donors (Lipinski definition) is 3. The molecule has 0 spiro atoms. The Balaban J connectivity index is 1.77. The summed E-state index contributed by atoms with van der Waals surface area (Å²) in [6, 6.07) is 12.8. The standard InChI is InChI=1S/C26H33N3O5/c1-4-7-21(18-8-6-9-20(14-18)26(31)34-13-12-33-5-2)28-25-17-27-16-22(29-25)19-10-11-23(30)24(15-19)32-3/h6,8-11,14-17,21,26,30-31H,4-5,7,12-13H2,1-3H3,(H,28,29)/t21?,26-/m1/s1. The van der Waals surface area contributed by atoms with Crippen molar-refractivity contribution in [2.24, 2.45) is 0 Å². The molecule has 2 aromatic carbocycles. The highest BCUT2D eigenvalue weighted by molar-refractivity contribution is 5.64. The van der Waals surface area contributed by atoms with Gasteiger partial charge in [0.15, 0.2) is 17.8 Å². The van der Waals surface area contributed by atoms with Crippen LogP contribution in [0.4, 0.5) is 5.82 Å². The summed E-state index contributed by atoms with van der Waals surface area (Å²) >= 11 is 0. The average Bonchev–Trinajstić information content (AvgIpc) is 2.87. The highest BCUT2D eigenvalue weighted by Gasteiger charge is 2.16. The molecule has 8 nitrogen and oxygen atoms in total. The number of phenols is 1. The van der Waals surface area contributed by atoms with Gasteiger partial charge in [-0.05, 0) is 43.2 Å². The van der Waals surface area contributed by atoms with Crippen LogP contribution in [0.2, 0.25) is 0 Å². The predicted molar refractivity (Wildman–Crippen MR) is 131 cm³/mol. The van der Waals surface area contributed by atoms with Crippen LogP contribution in [0, 0.1) is 0 Å². The van der Waals surface area contributed by atoms with Crippen LogP contribution in [0.1, 0.15) is 50.1 Å². The van der Waals surface area contributed by atoms with Crippen LogP contribution in [-0.2, 0) is 9.47 Å². The van der Waals surface area contributed by atoms with Crippen molar-refractivity contribution in [3.05, 3.63) is 66.0 Å². The number of rotatable bonds is 13. The topological polar surface area (TPSA) is 106 Å². The van der Waals surface area contributed by atoms with Crippen molar-refractivity contribution >= 4 is 5.82 Å². The molecule has 3 N–H and O–H groups in total. The second-order valence-corrected chi connectivity index (χ2v) is 7.75. The monoisotopic (exact) mass is 467 g/mol. The minimum absolute atomic E-state index is 0.0283. The molecular formula is C26H33N3O5. The van der Waals surface area contributed by atoms with E-state index < -0.39 is 6.29 Å². The van der Waals surface area contributed by atoms with Gasteiger partial charge in [0.2, 0.25) is 0 Å². The fourth-order valence-corrected chi connectivity index (χ4v) is 3.59. The van der Waals surface area contributed by atoms with Crippen LogP contribution in [0.25, 0.3) is 11.3 Å². The molecule has 1 aromatic heterocycles. The van der Waals surface area contributed by atoms with Gasteiger partial charge in [-0.2, -0.15) is 0 Å². The summed E-state index contributed by atoms with van der Waals surface area (Å²) in [4.78, 5) is 9.05. The van der Waals surface area contributed by atoms with Gasteiger partial charge < -0.3 is 29.7 Å². The van der Waals surface area contributed by atoms with Crippen molar-refractivity contribution in [2.75, 3.05) is 32.2 Å². The zero-order valence-electron chi connectivity index (χ0n) is 19.9. The SMILES string of the molecule is CCCC(Nc1cncc(-c2ccc(O)c(OC)c2)n1)c1cccc([C@H](O)OCCOCC)c1. The van der Waals surface area contributed by atoms with Crippen molar-refractivity contribution < 1.29 is 24.4 Å². The Kier molecular flexibility index (Phi) is 9.63. The van der Waals surface area contributed by atoms with E-state index in [4.69, 9.17) is 19.2 Å². The molecule has 0 amide bonds. The van der Waals surface area contributed by atoms with E-state index in [1.54, 1.807) is 30.6 Å². The largest absolute Gasteiger partial charge is 0.504 e. The Hall–Kier alpha value is -3.20. The van der Waals surface area contributed by atoms with E-state index >= 15 is 0 Å². The minimum Gasteiger partial charge on any atom is -0.504 e. The number of hydrogen-bond acceptors (Lipinski definition) is 8. The molecule has 3 rings (SSSR count). The minimum atomic E-state index is -1.02. The lowest BCUT2D eigenvalue weighted by Crippen LogP contribution is -2.14. The first-order valence-electron chi connectivity index (χ1n) is 11.5. The van der Waals surface area contributed by atoms with E-state index in [0.717, 1.165) is 24.0 Å². The third-order valence-corrected chi connectivity index (χ3v) is 5.32. The van der Waals surface area contributed by atoms with Crippen molar-refractivity contribution in [2.45, 2.75) is 39.0 Å². The molecule has 1 unspecified atom stereocenters. The smallest absolute Gasteiger partial charge is 0.181 e. The van der Waals surface area contributed by atoms with Crippen LogP contribution in [0.15, 0.2) is 54.9 Å². The zero-order chi connectivity index (χ0) is 24.3. The van der Waals surface area contributed by atoms with Gasteiger partial charge in [-0.25, -0.2) is 4.98 Å². The van der Waals surface area contributed by atoms with Crippen molar-refractivity contribution in [3.63, 3.8) is 0 Å². The van der Waals surface area contributed by atoms with E-state index in [-0.39, 0.29) is 11.8 Å². The van der Waals surface area contributed by atoms with Gasteiger partial charge in [0, 0.05) is 17.7 Å². The number of nitrogens with one attached hydrogen (secondary N) is 1. The number of ether oxygens (including phenoxy) is 3. The average molecular weight is 468 g/mol. The molecule has 182 valence electrons. The fraction of sp³-hybridized carbons (Fsp3) is 0.385. The maximum Gasteiger partial charge on any atom is 0.181 e. The van der Waals surface area contributed by atoms with Crippen molar-refractivity contribution in [1.82, 2.24) is 9.97 Å². The van der Waals surface area contributed by atoms with Crippen LogP contribution in [0.3, 0.4) is 0 Å². The van der Waals surface area contributed by atoms with Gasteiger partial charge in [0.05, 0.1) is 44.5 Å². The molecular weight excluding hydrogens is 434 g/mol. The molecule has 8 heteroatoms. The maximum atomic E-state index is 10.4. The summed E-state index contributed by atoms with van der Waals surface area (Å²) in [5, 5.41) is 23.8. The lowest BCUT2D eigenvalue weighted by Gasteiger charge is -2.21. The quantitative estimate of drug-likeness (QED) is 0.242. The maximum absolute atomic E-state index is 10.4. The second-order valence-electron chi connectivity index (χ2n) is 7.75. The van der Waals surface area contributed by atoms with Gasteiger partial charge in [-0.15, -0.1) is 0 Å². The Labute approximate surface area is 200 Å². The van der Waals surface area contributed by atoms with E-state index in [2.05, 4.69) is 17.2 Å². The summed E-state index contributed by atoms with van der Waals surface area (Å²) in [6.45, 7) is 5.41. The second kappa shape index (κ2) is 12.9. The number of anilines is 1. The van der Waals surface area contributed by atoms with E-state index in [1.807, 2.05) is 31.2 Å². The Morgan fingerprint density at radius 2 is 1.85 bits per heavy atom. The Morgan fingerprint density at radius 1 is 1.03 bits per heavy atom. The first kappa shape index (κ1) is 25.4. The molecule has 0 aliphatic heterocycles. The molecule has 3 aromatic rings. The first-order chi connectivity index (χ1) is 16.5. The van der Waals surface area contributed by atoms with Gasteiger partial charge >= 0.3 is 0 Å². The van der Waals surface area contributed by atoms with Crippen molar-refractivity contribution in [3.8, 4) is 22.8 Å². The van der Waals surface area contributed by atoms with Gasteiger partial charge in [0.1, 0.15) is 5.82 Å². The molecule has 0 saturated carbocycles. The first-order valence-corrected chi connectivity index (χ1v) is 11.5. The molecule has 0 fully saturated rings. The van der Waals surface area contributed by atoms with Gasteiger partial charge in [-0.1, -0.05) is 31.5 Å². The summed E-state index contributed by atoms with van der Waals surface area (Å²) in [5.74, 6) is 1.07. The number of nitrogens with zero attached hydrogens (tertiary/aromatic N) is 2. The third kappa shape index (κ3) is 6.90. The number of aromatic nitrogens is 2. The van der Waals surface area contributed by atoms with E-state index in [0.29, 0.717) is 42.6 Å². The van der Waals surface area contributed by atoms with Crippen LogP contribution in [-0.4, -0.2) is 47.1 Å². The number of phenolic OH excluding ortho intramolecular Hbond substituents is 1. The van der Waals surface area contributed by atoms with Gasteiger partial charge in [-0.3, -0.25) is 4.98 Å². The Morgan fingerprint density at radius 3 is 2.62 bits per heavy atom. The number of benzene rings is 2. The molecule has 0 radical (unpaired) electrons. The number of aliphatic hydroxyl groups excluding tert-OH is 1. The number of aliphatic hydroxyl groups is 1. The number of aromatic hydroxyl groups is 1. The summed E-state index contributed by atoms with van der Waals surface area (Å²) < 4.78 is 16.0. The van der Waals surface area contributed by atoms with Crippen molar-refractivity contribution in [1.29, 1.82) is 0 Å². The molecule has 34 heavy (non-hydrogen) atoms. The van der Waals surface area contributed by atoms with E-state index in [1.165, 1.54) is 7.11 Å². The van der Waals surface area contributed by atoms with Gasteiger partial charge in [0.25, 0.3) is 0 Å². The zero-order valence-corrected chi connectivity index (χ0v) is 19.9. The molecule has 0 aliphatic carbocycles. The lowest BCUT2D eigenvalue weighted by molar-refractivity contribution is -0.115. The Bertz CT molecular complexity index is 1050. The molecule has 0 saturated heterocycles. The summed E-state index contributed by atoms with van der Waals surface area (Å²) in [6.07, 6.45) is 4.15. The normalized spacial score (nSPS) is 12.8. The highest BCUT2D eigenvalue weighted by atomic mass is 16.6. The molecule has 2 atom stereocenters. The molecule has 0 aliphatic rings. The number of methoxy groups -OCH3 is 1. The van der Waals surface area contributed by atoms with Crippen LogP contribution >= 0.6 is 0 Å². The summed E-state index contributed by atoms with van der Waals surface area (Å²) in [5.41, 5.74) is 3.15. The third-order valence-electron chi connectivity index (χ3n) is 5.32. The summed E-state index contributed by atoms with van der Waals surface area (Å²) in [7, 11) is 1.51. The fourth-order valence-electron chi connectivity index (χ4n) is 3.59. The molecule has 0 bridgehead atoms. The lowest BCUT2D eigenvalue weighted by atomic mass is 10.00. The molecule has 1 heterocycles. The highest BCUT2D eigenvalue weighted by Crippen LogP contribution is 2.31. The van der Waals surface area contributed by atoms with Crippen LogP contribution in [0.5, 0.6) is 11.5 Å². The predicted octanol–water partition coefficient (Wildman–Crippen LogP) is 4.86. The van der Waals surface area contributed by atoms with Crippen LogP contribution < -0.4 is 10.1 Å².